The fourth-order valence-electron chi connectivity index (χ4n) is 1.27. The molecule has 4 heteroatoms. The molecule has 1 aromatic heterocycles. The van der Waals surface area contributed by atoms with Crippen LogP contribution in [0.1, 0.15) is 10.4 Å². The van der Waals surface area contributed by atoms with E-state index in [2.05, 4.69) is 28.6 Å². The van der Waals surface area contributed by atoms with E-state index >= 15 is 0 Å². The summed E-state index contributed by atoms with van der Waals surface area (Å²) in [6.45, 7) is 2.56. The quantitative estimate of drug-likeness (QED) is 0.815. The molecule has 0 aliphatic carbocycles. The van der Waals surface area contributed by atoms with E-state index in [1.165, 1.54) is 17.1 Å². The van der Waals surface area contributed by atoms with Gasteiger partial charge in [0.15, 0.2) is 0 Å². The van der Waals surface area contributed by atoms with Gasteiger partial charge in [-0.05, 0) is 18.5 Å². The summed E-state index contributed by atoms with van der Waals surface area (Å²) in [5, 5.41) is 4.08. The van der Waals surface area contributed by atoms with Gasteiger partial charge in [0.25, 0.3) is 0 Å². The van der Waals surface area contributed by atoms with Crippen LogP contribution >= 0.6 is 11.5 Å². The predicted octanol–water partition coefficient (Wildman–Crippen LogP) is 1.97. The second-order valence-corrected chi connectivity index (χ2v) is 3.95. The number of benzene rings is 1. The highest BCUT2D eigenvalue weighted by Crippen LogP contribution is 2.23. The summed E-state index contributed by atoms with van der Waals surface area (Å²) in [5.74, 6) is 0. The highest BCUT2D eigenvalue weighted by Gasteiger charge is 2.07. The molecule has 0 amide bonds. The van der Waals surface area contributed by atoms with Crippen molar-refractivity contribution in [2.75, 3.05) is 0 Å². The first-order chi connectivity index (χ1) is 6.81. The lowest BCUT2D eigenvalue weighted by atomic mass is 10.1. The van der Waals surface area contributed by atoms with Crippen LogP contribution in [0, 0.1) is 6.92 Å². The summed E-state index contributed by atoms with van der Waals surface area (Å²) < 4.78 is 3.90. The average molecular weight is 205 g/mol. The van der Waals surface area contributed by atoms with E-state index in [-0.39, 0.29) is 0 Å². The molecule has 0 atom stereocenters. The summed E-state index contributed by atoms with van der Waals surface area (Å²) in [6, 6.07) is 8.22. The third-order valence-electron chi connectivity index (χ3n) is 2.07. The number of aryl methyl sites for hydroxylation is 1. The molecule has 0 aliphatic heterocycles. The van der Waals surface area contributed by atoms with Crippen molar-refractivity contribution >= 4 is 11.5 Å². The fraction of sp³-hybridized carbons (Fsp3) is 0.200. The van der Waals surface area contributed by atoms with E-state index < -0.39 is 0 Å². The van der Waals surface area contributed by atoms with Gasteiger partial charge in [0.05, 0.1) is 4.88 Å². The lowest BCUT2D eigenvalue weighted by Crippen LogP contribution is -1.95. The summed E-state index contributed by atoms with van der Waals surface area (Å²) in [4.78, 5) is 1.04. The average Bonchev–Trinajstić information content (AvgIpc) is 2.67. The summed E-state index contributed by atoms with van der Waals surface area (Å²) in [6.07, 6.45) is 0. The summed E-state index contributed by atoms with van der Waals surface area (Å²) in [5.41, 5.74) is 8.84. The second kappa shape index (κ2) is 3.86. The largest absolute Gasteiger partial charge is 0.326 e. The third-order valence-corrected chi connectivity index (χ3v) is 2.81. The van der Waals surface area contributed by atoms with E-state index in [0.29, 0.717) is 6.54 Å². The van der Waals surface area contributed by atoms with Crippen molar-refractivity contribution in [3.8, 4) is 11.3 Å². The standard InChI is InChI=1S/C10H11N3S/c1-7-2-4-8(5-3-7)10-9(6-11)14-13-12-10/h2-5H,6,11H2,1H3. The van der Waals surface area contributed by atoms with Gasteiger partial charge in [-0.1, -0.05) is 34.3 Å². The molecule has 2 rings (SSSR count). The van der Waals surface area contributed by atoms with E-state index in [0.717, 1.165) is 16.1 Å². The third kappa shape index (κ3) is 1.66. The van der Waals surface area contributed by atoms with Gasteiger partial charge in [0, 0.05) is 12.1 Å². The number of hydrogen-bond acceptors (Lipinski definition) is 4. The Kier molecular flexibility index (Phi) is 2.56. The molecule has 0 aliphatic rings. The number of aromatic nitrogens is 2. The van der Waals surface area contributed by atoms with Crippen LogP contribution in [0.15, 0.2) is 24.3 Å². The highest BCUT2D eigenvalue weighted by atomic mass is 32.1. The first-order valence-corrected chi connectivity index (χ1v) is 5.17. The Morgan fingerprint density at radius 1 is 1.29 bits per heavy atom. The molecular formula is C10H11N3S. The fourth-order valence-corrected chi connectivity index (χ4v) is 1.81. The Hall–Kier alpha value is -1.26. The zero-order chi connectivity index (χ0) is 9.97. The Morgan fingerprint density at radius 3 is 2.64 bits per heavy atom. The van der Waals surface area contributed by atoms with Crippen molar-refractivity contribution < 1.29 is 0 Å². The summed E-state index contributed by atoms with van der Waals surface area (Å²) in [7, 11) is 0. The minimum absolute atomic E-state index is 0.501. The Labute approximate surface area is 86.7 Å². The molecule has 72 valence electrons. The molecule has 1 aromatic carbocycles. The number of hydrogen-bond donors (Lipinski definition) is 1. The molecular weight excluding hydrogens is 194 g/mol. The van der Waals surface area contributed by atoms with Crippen LogP contribution in [-0.4, -0.2) is 9.59 Å². The molecule has 2 aromatic rings. The maximum absolute atomic E-state index is 5.59. The van der Waals surface area contributed by atoms with Gasteiger partial charge in [-0.2, -0.15) is 0 Å². The van der Waals surface area contributed by atoms with Gasteiger partial charge < -0.3 is 5.73 Å². The predicted molar refractivity (Wildman–Crippen MR) is 58.0 cm³/mol. The minimum atomic E-state index is 0.501. The smallest absolute Gasteiger partial charge is 0.110 e. The first-order valence-electron chi connectivity index (χ1n) is 4.39. The maximum atomic E-state index is 5.59. The van der Waals surface area contributed by atoms with Crippen molar-refractivity contribution in [2.24, 2.45) is 5.73 Å². The zero-order valence-corrected chi connectivity index (χ0v) is 8.71. The van der Waals surface area contributed by atoms with E-state index in [9.17, 15) is 0 Å². The monoisotopic (exact) mass is 205 g/mol. The molecule has 0 fully saturated rings. The van der Waals surface area contributed by atoms with E-state index in [1.54, 1.807) is 0 Å². The van der Waals surface area contributed by atoms with Gasteiger partial charge in [0.2, 0.25) is 0 Å². The van der Waals surface area contributed by atoms with Crippen molar-refractivity contribution in [2.45, 2.75) is 13.5 Å². The number of rotatable bonds is 2. The Bertz CT molecular complexity index is 419. The molecule has 0 spiro atoms. The lowest BCUT2D eigenvalue weighted by molar-refractivity contribution is 1.08. The SMILES string of the molecule is Cc1ccc(-c2nnsc2CN)cc1. The minimum Gasteiger partial charge on any atom is -0.326 e. The molecule has 0 bridgehead atoms. The normalized spacial score (nSPS) is 10.4. The number of nitrogens with two attached hydrogens (primary N) is 1. The van der Waals surface area contributed by atoms with Crippen LogP contribution in [0.2, 0.25) is 0 Å². The number of nitrogens with zero attached hydrogens (tertiary/aromatic N) is 2. The topological polar surface area (TPSA) is 51.8 Å². The van der Waals surface area contributed by atoms with Crippen LogP contribution in [0.3, 0.4) is 0 Å². The van der Waals surface area contributed by atoms with Crippen LogP contribution in [0.5, 0.6) is 0 Å². The Balaban J connectivity index is 2.44. The van der Waals surface area contributed by atoms with Crippen LogP contribution in [-0.2, 0) is 6.54 Å². The molecule has 14 heavy (non-hydrogen) atoms. The van der Waals surface area contributed by atoms with Crippen molar-refractivity contribution in [1.29, 1.82) is 0 Å². The van der Waals surface area contributed by atoms with Gasteiger partial charge in [-0.15, -0.1) is 5.10 Å². The van der Waals surface area contributed by atoms with Gasteiger partial charge in [-0.3, -0.25) is 0 Å². The molecule has 0 unspecified atom stereocenters. The molecule has 1 heterocycles. The molecule has 0 radical (unpaired) electrons. The first kappa shape index (κ1) is 9.30. The second-order valence-electron chi connectivity index (χ2n) is 3.11. The van der Waals surface area contributed by atoms with Gasteiger partial charge in [0.1, 0.15) is 5.69 Å². The molecule has 3 nitrogen and oxygen atoms in total. The van der Waals surface area contributed by atoms with Crippen molar-refractivity contribution in [3.05, 3.63) is 34.7 Å². The zero-order valence-electron chi connectivity index (χ0n) is 7.90. The van der Waals surface area contributed by atoms with Crippen LogP contribution < -0.4 is 5.73 Å². The summed E-state index contributed by atoms with van der Waals surface area (Å²) >= 11 is 1.36. The maximum Gasteiger partial charge on any atom is 0.110 e. The highest BCUT2D eigenvalue weighted by molar-refractivity contribution is 7.05. The van der Waals surface area contributed by atoms with Gasteiger partial charge >= 0.3 is 0 Å². The molecule has 2 N–H and O–H groups in total. The Morgan fingerprint density at radius 2 is 2.00 bits per heavy atom. The van der Waals surface area contributed by atoms with Crippen LogP contribution in [0.25, 0.3) is 11.3 Å². The van der Waals surface area contributed by atoms with Crippen molar-refractivity contribution in [1.82, 2.24) is 9.59 Å². The molecule has 0 saturated heterocycles. The van der Waals surface area contributed by atoms with E-state index in [4.69, 9.17) is 5.73 Å². The van der Waals surface area contributed by atoms with Gasteiger partial charge in [-0.25, -0.2) is 0 Å². The van der Waals surface area contributed by atoms with Crippen LogP contribution in [0.4, 0.5) is 0 Å². The van der Waals surface area contributed by atoms with E-state index in [1.807, 2.05) is 12.1 Å². The van der Waals surface area contributed by atoms with Crippen molar-refractivity contribution in [3.63, 3.8) is 0 Å². The lowest BCUT2D eigenvalue weighted by Gasteiger charge is -1.99. The molecule has 0 saturated carbocycles.